The lowest BCUT2D eigenvalue weighted by Gasteiger charge is -1.63. The third-order valence-corrected chi connectivity index (χ3v) is 0.495. The smallest absolute Gasteiger partial charge is 0.211 e. The van der Waals surface area contributed by atoms with E-state index in [0.29, 0.717) is 0 Å². The van der Waals surface area contributed by atoms with E-state index in [1.165, 1.54) is 30.5 Å². The van der Waals surface area contributed by atoms with Crippen molar-refractivity contribution < 1.29 is 4.79 Å². The molecule has 0 radical (unpaired) electrons. The summed E-state index contributed by atoms with van der Waals surface area (Å²) in [7, 11) is 0. The molecule has 0 bridgehead atoms. The fraction of sp³-hybridized carbons (Fsp3) is 0. The second-order valence-corrected chi connectivity index (χ2v) is 1.05. The normalized spacial score (nSPS) is 9.22. The molecule has 0 aromatic rings. The number of allylic oxidation sites excluding steroid dienone is 3. The first-order valence-corrected chi connectivity index (χ1v) is 2.20. The fourth-order valence-corrected chi connectivity index (χ4v) is 0.222. The average Bonchev–Trinajstić information content (AvgIpc) is 1.89. The molecule has 0 aromatic carbocycles. The summed E-state index contributed by atoms with van der Waals surface area (Å²) in [5.41, 5.74) is 0. The third kappa shape index (κ3) is 6.35. The van der Waals surface area contributed by atoms with Gasteiger partial charge in [-0.15, -0.1) is 0 Å². The largest absolute Gasteiger partial charge is 0.239 e. The minimum Gasteiger partial charge on any atom is -0.211 e. The molecule has 44 valence electrons. The number of isocyanates is 1. The lowest BCUT2D eigenvalue weighted by Crippen LogP contribution is -1.49. The van der Waals surface area contributed by atoms with Crippen LogP contribution in [0, 0.1) is 11.3 Å². The van der Waals surface area contributed by atoms with Gasteiger partial charge in [-0.3, -0.25) is 0 Å². The molecule has 0 fully saturated rings. The van der Waals surface area contributed by atoms with Crippen LogP contribution in [0.15, 0.2) is 29.4 Å². The summed E-state index contributed by atoms with van der Waals surface area (Å²) in [6.07, 6.45) is 6.78. The summed E-state index contributed by atoms with van der Waals surface area (Å²) in [6, 6.07) is 1.77. The molecule has 0 unspecified atom stereocenters. The lowest BCUT2D eigenvalue weighted by molar-refractivity contribution is 0.565. The predicted molar refractivity (Wildman–Crippen MR) is 32.0 cm³/mol. The Morgan fingerprint density at radius 3 is 2.78 bits per heavy atom. The summed E-state index contributed by atoms with van der Waals surface area (Å²) >= 11 is 0. The van der Waals surface area contributed by atoms with Crippen molar-refractivity contribution >= 4 is 6.08 Å². The van der Waals surface area contributed by atoms with Gasteiger partial charge in [-0.1, -0.05) is 6.08 Å². The van der Waals surface area contributed by atoms with E-state index in [2.05, 4.69) is 4.99 Å². The van der Waals surface area contributed by atoms with E-state index in [1.54, 1.807) is 6.07 Å². The number of aliphatic imine (C=N–C) groups is 1. The molecule has 0 saturated heterocycles. The van der Waals surface area contributed by atoms with Crippen LogP contribution in [0.5, 0.6) is 0 Å². The van der Waals surface area contributed by atoms with E-state index in [-0.39, 0.29) is 0 Å². The van der Waals surface area contributed by atoms with Crippen LogP contribution >= 0.6 is 0 Å². The van der Waals surface area contributed by atoms with E-state index in [1.807, 2.05) is 0 Å². The van der Waals surface area contributed by atoms with E-state index in [0.717, 1.165) is 0 Å². The second kappa shape index (κ2) is 6.35. The van der Waals surface area contributed by atoms with Crippen molar-refractivity contribution in [3.63, 3.8) is 0 Å². The van der Waals surface area contributed by atoms with Crippen LogP contribution in [0.3, 0.4) is 0 Å². The van der Waals surface area contributed by atoms with Crippen LogP contribution in [0.2, 0.25) is 0 Å². The van der Waals surface area contributed by atoms with Crippen molar-refractivity contribution in [3.8, 4) is 6.07 Å². The van der Waals surface area contributed by atoms with Gasteiger partial charge in [0.05, 0.1) is 6.07 Å². The van der Waals surface area contributed by atoms with Crippen molar-refractivity contribution in [2.24, 2.45) is 4.99 Å². The molecule has 0 aliphatic heterocycles. The van der Waals surface area contributed by atoms with Gasteiger partial charge < -0.3 is 0 Å². The molecule has 0 spiro atoms. The van der Waals surface area contributed by atoms with Crippen LogP contribution in [-0.4, -0.2) is 6.08 Å². The van der Waals surface area contributed by atoms with Crippen LogP contribution in [0.25, 0.3) is 0 Å². The number of carbonyl (C=O) groups excluding carboxylic acids is 1. The molecular formula is C6H4N2O. The monoisotopic (exact) mass is 120 g/mol. The van der Waals surface area contributed by atoms with Crippen molar-refractivity contribution in [2.45, 2.75) is 0 Å². The maximum absolute atomic E-state index is 9.41. The summed E-state index contributed by atoms with van der Waals surface area (Å²) in [4.78, 5) is 12.5. The minimum absolute atomic E-state index is 1.25. The van der Waals surface area contributed by atoms with Crippen LogP contribution in [-0.2, 0) is 4.79 Å². The summed E-state index contributed by atoms with van der Waals surface area (Å²) in [5, 5.41) is 7.94. The standard InChI is InChI=1S/C6H4N2O/c7-4-2-1-3-5-8-6-9/h1-3,5H/b2-1+,5-3+. The van der Waals surface area contributed by atoms with Gasteiger partial charge in [0.2, 0.25) is 6.08 Å². The Hall–Kier alpha value is -1.65. The molecule has 3 nitrogen and oxygen atoms in total. The van der Waals surface area contributed by atoms with Gasteiger partial charge in [0.15, 0.2) is 0 Å². The zero-order valence-corrected chi connectivity index (χ0v) is 4.61. The molecule has 3 heteroatoms. The number of nitrogens with zero attached hydrogens (tertiary/aromatic N) is 2. The number of rotatable bonds is 2. The zero-order chi connectivity index (χ0) is 6.95. The Bertz CT molecular complexity index is 204. The van der Waals surface area contributed by atoms with Gasteiger partial charge in [0.25, 0.3) is 0 Å². The van der Waals surface area contributed by atoms with Crippen LogP contribution < -0.4 is 0 Å². The van der Waals surface area contributed by atoms with Crippen molar-refractivity contribution in [2.75, 3.05) is 0 Å². The van der Waals surface area contributed by atoms with Crippen LogP contribution in [0.1, 0.15) is 0 Å². The SMILES string of the molecule is N#C/C=C/C=C/N=C=O. The topological polar surface area (TPSA) is 53.2 Å². The maximum Gasteiger partial charge on any atom is 0.239 e. The maximum atomic E-state index is 9.41. The first kappa shape index (κ1) is 7.35. The van der Waals surface area contributed by atoms with Crippen molar-refractivity contribution in [3.05, 3.63) is 24.4 Å². The highest BCUT2D eigenvalue weighted by Gasteiger charge is 1.59. The molecule has 0 heterocycles. The molecular weight excluding hydrogens is 116 g/mol. The van der Waals surface area contributed by atoms with Gasteiger partial charge in [0.1, 0.15) is 0 Å². The van der Waals surface area contributed by atoms with E-state index >= 15 is 0 Å². The number of hydrogen-bond donors (Lipinski definition) is 0. The molecule has 0 N–H and O–H groups in total. The Morgan fingerprint density at radius 1 is 1.44 bits per heavy atom. The molecule has 9 heavy (non-hydrogen) atoms. The quantitative estimate of drug-likeness (QED) is 0.235. The van der Waals surface area contributed by atoms with E-state index in [9.17, 15) is 4.79 Å². The van der Waals surface area contributed by atoms with E-state index in [4.69, 9.17) is 5.26 Å². The Kier molecular flexibility index (Phi) is 5.19. The highest BCUT2D eigenvalue weighted by molar-refractivity contribution is 5.34. The Balaban J connectivity index is 3.63. The molecule has 0 saturated carbocycles. The minimum atomic E-state index is 1.25. The summed E-state index contributed by atoms with van der Waals surface area (Å²) in [5.74, 6) is 0. The molecule has 0 atom stereocenters. The van der Waals surface area contributed by atoms with Crippen LogP contribution in [0.4, 0.5) is 0 Å². The van der Waals surface area contributed by atoms with Gasteiger partial charge in [-0.05, 0) is 6.08 Å². The zero-order valence-electron chi connectivity index (χ0n) is 4.61. The first-order chi connectivity index (χ1) is 4.41. The Morgan fingerprint density at radius 2 is 2.22 bits per heavy atom. The summed E-state index contributed by atoms with van der Waals surface area (Å²) < 4.78 is 0. The predicted octanol–water partition coefficient (Wildman–Crippen LogP) is 0.916. The highest BCUT2D eigenvalue weighted by Crippen LogP contribution is 1.74. The van der Waals surface area contributed by atoms with Gasteiger partial charge >= 0.3 is 0 Å². The van der Waals surface area contributed by atoms with Gasteiger partial charge in [-0.2, -0.15) is 10.3 Å². The average molecular weight is 120 g/mol. The molecule has 0 aliphatic rings. The lowest BCUT2D eigenvalue weighted by atomic mass is 10.5. The number of nitriles is 1. The van der Waals surface area contributed by atoms with Gasteiger partial charge in [-0.25, -0.2) is 4.79 Å². The summed E-state index contributed by atoms with van der Waals surface area (Å²) in [6.45, 7) is 0. The second-order valence-electron chi connectivity index (χ2n) is 1.05. The number of hydrogen-bond acceptors (Lipinski definition) is 3. The fourth-order valence-electron chi connectivity index (χ4n) is 0.222. The third-order valence-electron chi connectivity index (χ3n) is 0.495. The van der Waals surface area contributed by atoms with E-state index < -0.39 is 0 Å². The highest BCUT2D eigenvalue weighted by atomic mass is 16.1. The van der Waals surface area contributed by atoms with Crippen molar-refractivity contribution in [1.82, 2.24) is 0 Å². The molecule has 0 rings (SSSR count). The molecule has 0 aromatic heterocycles. The Labute approximate surface area is 52.6 Å². The molecule has 0 aliphatic carbocycles. The van der Waals surface area contributed by atoms with Crippen molar-refractivity contribution in [1.29, 1.82) is 5.26 Å². The molecule has 0 amide bonds. The first-order valence-electron chi connectivity index (χ1n) is 2.20. The van der Waals surface area contributed by atoms with Gasteiger partial charge in [0, 0.05) is 12.3 Å².